The van der Waals surface area contributed by atoms with E-state index in [2.05, 4.69) is 43.8 Å². The normalized spacial score (nSPS) is 14.3. The molecule has 7 heteroatoms. The third kappa shape index (κ3) is 3.02. The number of aromatic nitrogens is 6. The molecule has 3 aromatic heterocycles. The summed E-state index contributed by atoms with van der Waals surface area (Å²) < 4.78 is 3.81. The van der Waals surface area contributed by atoms with Crippen LogP contribution in [0.4, 0.5) is 0 Å². The number of benzene rings is 1. The maximum absolute atomic E-state index is 4.57. The summed E-state index contributed by atoms with van der Waals surface area (Å²) in [4.78, 5) is 9.14. The largest absolute Gasteiger partial charge is 0.312 e. The predicted molar refractivity (Wildman–Crippen MR) is 103 cm³/mol. The summed E-state index contributed by atoms with van der Waals surface area (Å²) in [6.07, 6.45) is 11.5. The zero-order valence-corrected chi connectivity index (χ0v) is 14.9. The molecule has 1 aliphatic heterocycles. The van der Waals surface area contributed by atoms with E-state index < -0.39 is 0 Å². The highest BCUT2D eigenvalue weighted by Gasteiger charge is 2.19. The summed E-state index contributed by atoms with van der Waals surface area (Å²) in [5.74, 6) is 0.708. The molecule has 4 aromatic rings. The van der Waals surface area contributed by atoms with Crippen LogP contribution in [0, 0.1) is 0 Å². The van der Waals surface area contributed by atoms with Gasteiger partial charge in [-0.3, -0.25) is 9.36 Å². The monoisotopic (exact) mass is 357 g/mol. The van der Waals surface area contributed by atoms with Crippen LogP contribution in [0.1, 0.15) is 6.04 Å². The maximum atomic E-state index is 4.57. The summed E-state index contributed by atoms with van der Waals surface area (Å²) >= 11 is 0. The van der Waals surface area contributed by atoms with Gasteiger partial charge >= 0.3 is 0 Å². The molecule has 0 bridgehead atoms. The minimum absolute atomic E-state index is 0.453. The van der Waals surface area contributed by atoms with Crippen molar-refractivity contribution in [2.45, 2.75) is 6.04 Å². The van der Waals surface area contributed by atoms with Crippen LogP contribution in [-0.2, 0) is 7.05 Å². The van der Waals surface area contributed by atoms with Gasteiger partial charge in [0.25, 0.3) is 0 Å². The molecule has 1 fully saturated rings. The Hall–Kier alpha value is -3.32. The Morgan fingerprint density at radius 1 is 0.852 bits per heavy atom. The van der Waals surface area contributed by atoms with E-state index in [0.717, 1.165) is 40.9 Å². The van der Waals surface area contributed by atoms with Gasteiger partial charge in [0.2, 0.25) is 0 Å². The summed E-state index contributed by atoms with van der Waals surface area (Å²) in [7, 11) is 1.92. The molecular weight excluding hydrogens is 338 g/mol. The predicted octanol–water partition coefficient (Wildman–Crippen LogP) is 2.55. The first kappa shape index (κ1) is 15.9. The average molecular weight is 357 g/mol. The van der Waals surface area contributed by atoms with Crippen LogP contribution in [0.3, 0.4) is 0 Å². The quantitative estimate of drug-likeness (QED) is 0.608. The number of hydrogen-bond acceptors (Lipinski definition) is 5. The van der Waals surface area contributed by atoms with Crippen molar-refractivity contribution in [3.63, 3.8) is 0 Å². The Labute approximate surface area is 156 Å². The summed E-state index contributed by atoms with van der Waals surface area (Å²) in [5, 5.41) is 12.0. The van der Waals surface area contributed by atoms with Crippen molar-refractivity contribution in [3.8, 4) is 33.6 Å². The average Bonchev–Trinajstić information content (AvgIpc) is 3.30. The second-order valence-corrected chi connectivity index (χ2v) is 6.80. The lowest BCUT2D eigenvalue weighted by Gasteiger charge is -2.27. The first-order chi connectivity index (χ1) is 13.3. The molecule has 27 heavy (non-hydrogen) atoms. The van der Waals surface area contributed by atoms with Crippen molar-refractivity contribution in [2.75, 3.05) is 13.1 Å². The molecule has 0 unspecified atom stereocenters. The van der Waals surface area contributed by atoms with E-state index in [1.807, 2.05) is 54.8 Å². The molecule has 0 amide bonds. The second kappa shape index (κ2) is 6.44. The highest BCUT2D eigenvalue weighted by molar-refractivity contribution is 5.70. The van der Waals surface area contributed by atoms with Gasteiger partial charge in [0.05, 0.1) is 18.4 Å². The van der Waals surface area contributed by atoms with E-state index in [0.29, 0.717) is 11.9 Å². The maximum Gasteiger partial charge on any atom is 0.159 e. The Kier molecular flexibility index (Phi) is 3.79. The van der Waals surface area contributed by atoms with E-state index in [1.165, 1.54) is 0 Å². The molecule has 1 aliphatic rings. The van der Waals surface area contributed by atoms with Crippen LogP contribution in [0.5, 0.6) is 0 Å². The van der Waals surface area contributed by atoms with Crippen LogP contribution >= 0.6 is 0 Å². The zero-order chi connectivity index (χ0) is 18.2. The van der Waals surface area contributed by atoms with Crippen LogP contribution < -0.4 is 5.32 Å². The van der Waals surface area contributed by atoms with Crippen LogP contribution in [0.25, 0.3) is 33.6 Å². The lowest BCUT2D eigenvalue weighted by Crippen LogP contribution is -2.43. The summed E-state index contributed by atoms with van der Waals surface area (Å²) in [6.45, 7) is 1.95. The molecule has 1 saturated heterocycles. The Morgan fingerprint density at radius 2 is 1.59 bits per heavy atom. The van der Waals surface area contributed by atoms with Crippen molar-refractivity contribution in [1.82, 2.24) is 34.8 Å². The topological polar surface area (TPSA) is 73.5 Å². The molecule has 0 saturated carbocycles. The third-order valence-electron chi connectivity index (χ3n) is 4.88. The molecule has 1 aromatic carbocycles. The Bertz CT molecular complexity index is 1070. The molecule has 7 nitrogen and oxygen atoms in total. The molecule has 0 spiro atoms. The summed E-state index contributed by atoms with van der Waals surface area (Å²) in [6, 6.07) is 8.66. The zero-order valence-electron chi connectivity index (χ0n) is 14.9. The van der Waals surface area contributed by atoms with Crippen molar-refractivity contribution in [2.24, 2.45) is 7.05 Å². The molecule has 0 aliphatic carbocycles. The van der Waals surface area contributed by atoms with Crippen LogP contribution in [-0.4, -0.2) is 42.6 Å². The van der Waals surface area contributed by atoms with Crippen LogP contribution in [0.15, 0.2) is 61.4 Å². The van der Waals surface area contributed by atoms with Gasteiger partial charge in [0.1, 0.15) is 0 Å². The van der Waals surface area contributed by atoms with Gasteiger partial charge in [-0.25, -0.2) is 9.97 Å². The van der Waals surface area contributed by atoms with Gasteiger partial charge in [0, 0.05) is 67.2 Å². The fourth-order valence-corrected chi connectivity index (χ4v) is 3.18. The van der Waals surface area contributed by atoms with E-state index in [9.17, 15) is 0 Å². The van der Waals surface area contributed by atoms with Gasteiger partial charge in [-0.1, -0.05) is 18.2 Å². The molecule has 1 N–H and O–H groups in total. The van der Waals surface area contributed by atoms with Gasteiger partial charge in [-0.2, -0.15) is 10.2 Å². The van der Waals surface area contributed by atoms with E-state index in [1.54, 1.807) is 4.68 Å². The number of rotatable bonds is 4. The van der Waals surface area contributed by atoms with Crippen molar-refractivity contribution in [3.05, 3.63) is 61.4 Å². The smallest absolute Gasteiger partial charge is 0.159 e. The van der Waals surface area contributed by atoms with Crippen molar-refractivity contribution in [1.29, 1.82) is 0 Å². The molecule has 4 heterocycles. The van der Waals surface area contributed by atoms with E-state index in [-0.39, 0.29) is 0 Å². The van der Waals surface area contributed by atoms with Gasteiger partial charge < -0.3 is 5.32 Å². The Balaban J connectivity index is 1.41. The first-order valence-electron chi connectivity index (χ1n) is 8.93. The van der Waals surface area contributed by atoms with Crippen molar-refractivity contribution < 1.29 is 0 Å². The standard InChI is InChI=1S/C20H19N7/c1-26-12-17(8-24-26)14-3-2-4-15(5-14)20-22-6-16(7-23-20)18-9-25-27(13-18)19-10-21-11-19/h2-9,12-13,19,21H,10-11H2,1H3. The summed E-state index contributed by atoms with van der Waals surface area (Å²) in [5.41, 5.74) is 5.18. The number of nitrogens with zero attached hydrogens (tertiary/aromatic N) is 6. The van der Waals surface area contributed by atoms with E-state index >= 15 is 0 Å². The minimum atomic E-state index is 0.453. The minimum Gasteiger partial charge on any atom is -0.312 e. The highest BCUT2D eigenvalue weighted by Crippen LogP contribution is 2.25. The fraction of sp³-hybridized carbons (Fsp3) is 0.200. The molecule has 0 atom stereocenters. The van der Waals surface area contributed by atoms with Gasteiger partial charge in [-0.15, -0.1) is 0 Å². The third-order valence-corrected chi connectivity index (χ3v) is 4.88. The molecular formula is C20H19N7. The second-order valence-electron chi connectivity index (χ2n) is 6.80. The number of aryl methyl sites for hydroxylation is 1. The number of hydrogen-bond donors (Lipinski definition) is 1. The van der Waals surface area contributed by atoms with Gasteiger partial charge in [-0.05, 0) is 11.6 Å². The van der Waals surface area contributed by atoms with Crippen LogP contribution in [0.2, 0.25) is 0 Å². The SMILES string of the molecule is Cn1cc(-c2cccc(-c3ncc(-c4cnn(C5CNC5)c4)cn3)c2)cn1. The highest BCUT2D eigenvalue weighted by atomic mass is 15.3. The fourth-order valence-electron chi connectivity index (χ4n) is 3.18. The van der Waals surface area contributed by atoms with E-state index in [4.69, 9.17) is 0 Å². The van der Waals surface area contributed by atoms with Crippen molar-refractivity contribution >= 4 is 0 Å². The Morgan fingerprint density at radius 3 is 2.30 bits per heavy atom. The lowest BCUT2D eigenvalue weighted by atomic mass is 10.1. The first-order valence-corrected chi connectivity index (χ1v) is 8.93. The number of nitrogens with one attached hydrogen (secondary N) is 1. The van der Waals surface area contributed by atoms with Gasteiger partial charge in [0.15, 0.2) is 5.82 Å². The molecule has 134 valence electrons. The lowest BCUT2D eigenvalue weighted by molar-refractivity contribution is 0.318. The molecule has 5 rings (SSSR count). The molecule has 0 radical (unpaired) electrons.